The van der Waals surface area contributed by atoms with Crippen LogP contribution in [0.5, 0.6) is 5.75 Å². The molecule has 2 aromatic rings. The molecule has 1 aromatic heterocycles. The minimum absolute atomic E-state index is 0.138. The molecule has 1 aromatic carbocycles. The average Bonchev–Trinajstić information content (AvgIpc) is 3.01. The van der Waals surface area contributed by atoms with Gasteiger partial charge < -0.3 is 4.74 Å². The summed E-state index contributed by atoms with van der Waals surface area (Å²) in [5, 5.41) is 6.91. The number of hydrogen-bond acceptors (Lipinski definition) is 5. The van der Waals surface area contributed by atoms with E-state index in [4.69, 9.17) is 4.74 Å². The number of likely N-dealkylation sites (tertiary alicyclic amines) is 1. The summed E-state index contributed by atoms with van der Waals surface area (Å²) < 4.78 is 44.4. The number of rotatable bonds is 6. The van der Waals surface area contributed by atoms with Gasteiger partial charge in [0.2, 0.25) is 10.0 Å². The molecule has 7 nitrogen and oxygen atoms in total. The zero-order valence-electron chi connectivity index (χ0n) is 14.8. The van der Waals surface area contributed by atoms with Gasteiger partial charge in [0.15, 0.2) is 11.6 Å². The predicted octanol–water partition coefficient (Wildman–Crippen LogP) is 2.31. The number of aromatic amines is 1. The smallest absolute Gasteiger partial charge is 0.229 e. The fraction of sp³-hybridized carbons (Fsp3) is 0.471. The molecule has 1 aliphatic rings. The zero-order valence-corrected chi connectivity index (χ0v) is 15.6. The Hall–Kier alpha value is -2.13. The molecule has 0 aliphatic carbocycles. The molecule has 1 fully saturated rings. The summed E-state index contributed by atoms with van der Waals surface area (Å²) in [6.07, 6.45) is 4.53. The van der Waals surface area contributed by atoms with Crippen molar-refractivity contribution >= 4 is 15.7 Å². The summed E-state index contributed by atoms with van der Waals surface area (Å²) in [5.41, 5.74) is 2.17. The zero-order chi connectivity index (χ0) is 18.7. The standard InChI is InChI=1S/C17H23FN4O3S/c1-25-16-6-5-12(8-14(16)18)10-22-7-3-4-13(11-22)17-15(9-19-20-17)21-26(2,23)24/h5-6,8-9,13,21H,3-4,7,10-11H2,1-2H3,(H,19,20). The van der Waals surface area contributed by atoms with Crippen molar-refractivity contribution in [1.82, 2.24) is 15.1 Å². The van der Waals surface area contributed by atoms with Crippen LogP contribution in [-0.4, -0.2) is 50.0 Å². The summed E-state index contributed by atoms with van der Waals surface area (Å²) in [7, 11) is -1.91. The van der Waals surface area contributed by atoms with Gasteiger partial charge in [-0.15, -0.1) is 0 Å². The molecule has 142 valence electrons. The highest BCUT2D eigenvalue weighted by atomic mass is 32.2. The van der Waals surface area contributed by atoms with Crippen molar-refractivity contribution in [1.29, 1.82) is 0 Å². The van der Waals surface area contributed by atoms with E-state index in [0.29, 0.717) is 12.2 Å². The number of anilines is 1. The molecule has 3 rings (SSSR count). The van der Waals surface area contributed by atoms with Crippen molar-refractivity contribution in [2.75, 3.05) is 31.2 Å². The van der Waals surface area contributed by atoms with Crippen LogP contribution in [0.1, 0.15) is 30.0 Å². The second-order valence-electron chi connectivity index (χ2n) is 6.61. The van der Waals surface area contributed by atoms with E-state index in [0.717, 1.165) is 43.4 Å². The maximum Gasteiger partial charge on any atom is 0.229 e. The Kier molecular flexibility index (Phi) is 5.47. The number of piperidine rings is 1. The molecule has 1 saturated heterocycles. The van der Waals surface area contributed by atoms with Gasteiger partial charge in [-0.25, -0.2) is 12.8 Å². The van der Waals surface area contributed by atoms with E-state index in [1.54, 1.807) is 6.07 Å². The van der Waals surface area contributed by atoms with Crippen LogP contribution < -0.4 is 9.46 Å². The fourth-order valence-corrected chi connectivity index (χ4v) is 3.95. The highest BCUT2D eigenvalue weighted by Gasteiger charge is 2.25. The number of nitrogens with zero attached hydrogens (tertiary/aromatic N) is 2. The first-order chi connectivity index (χ1) is 12.4. The van der Waals surface area contributed by atoms with Crippen molar-refractivity contribution < 1.29 is 17.5 Å². The van der Waals surface area contributed by atoms with Crippen LogP contribution in [0.4, 0.5) is 10.1 Å². The second-order valence-corrected chi connectivity index (χ2v) is 8.36. The number of aromatic nitrogens is 2. The number of sulfonamides is 1. The van der Waals surface area contributed by atoms with E-state index in [-0.39, 0.29) is 17.5 Å². The lowest BCUT2D eigenvalue weighted by atomic mass is 9.94. The minimum Gasteiger partial charge on any atom is -0.494 e. The third-order valence-electron chi connectivity index (χ3n) is 4.50. The Balaban J connectivity index is 1.70. The van der Waals surface area contributed by atoms with Crippen LogP contribution in [0.2, 0.25) is 0 Å². The molecule has 1 unspecified atom stereocenters. The molecule has 26 heavy (non-hydrogen) atoms. The van der Waals surface area contributed by atoms with E-state index in [2.05, 4.69) is 19.8 Å². The number of halogens is 1. The predicted molar refractivity (Wildman–Crippen MR) is 97.3 cm³/mol. The number of ether oxygens (including phenoxy) is 1. The monoisotopic (exact) mass is 382 g/mol. The molecule has 1 aliphatic heterocycles. The van der Waals surface area contributed by atoms with E-state index in [1.165, 1.54) is 19.4 Å². The Labute approximate surface area is 152 Å². The van der Waals surface area contributed by atoms with Gasteiger partial charge in [0.25, 0.3) is 0 Å². The van der Waals surface area contributed by atoms with Crippen LogP contribution in [0.25, 0.3) is 0 Å². The van der Waals surface area contributed by atoms with Crippen molar-refractivity contribution in [3.63, 3.8) is 0 Å². The molecule has 2 heterocycles. The minimum atomic E-state index is -3.36. The lowest BCUT2D eigenvalue weighted by molar-refractivity contribution is 0.198. The van der Waals surface area contributed by atoms with Crippen molar-refractivity contribution in [2.24, 2.45) is 0 Å². The lowest BCUT2D eigenvalue weighted by Gasteiger charge is -2.32. The first-order valence-electron chi connectivity index (χ1n) is 8.41. The molecule has 2 N–H and O–H groups in total. The van der Waals surface area contributed by atoms with Gasteiger partial charge in [-0.2, -0.15) is 5.10 Å². The number of nitrogens with one attached hydrogen (secondary N) is 2. The third kappa shape index (κ3) is 4.53. The van der Waals surface area contributed by atoms with Crippen LogP contribution in [0, 0.1) is 5.82 Å². The highest BCUT2D eigenvalue weighted by Crippen LogP contribution is 2.31. The van der Waals surface area contributed by atoms with Crippen LogP contribution in [0.15, 0.2) is 24.4 Å². The first kappa shape index (κ1) is 18.7. The van der Waals surface area contributed by atoms with Crippen molar-refractivity contribution in [2.45, 2.75) is 25.3 Å². The van der Waals surface area contributed by atoms with Gasteiger partial charge in [-0.1, -0.05) is 6.07 Å². The summed E-state index contributed by atoms with van der Waals surface area (Å²) in [6.45, 7) is 2.28. The molecule has 0 saturated carbocycles. The fourth-order valence-electron chi connectivity index (χ4n) is 3.39. The van der Waals surface area contributed by atoms with Gasteiger partial charge in [-0.3, -0.25) is 14.7 Å². The Morgan fingerprint density at radius 3 is 2.96 bits per heavy atom. The molecular weight excluding hydrogens is 359 g/mol. The molecule has 0 amide bonds. The van der Waals surface area contributed by atoms with Crippen molar-refractivity contribution in [3.8, 4) is 5.75 Å². The Bertz CT molecular complexity index is 869. The van der Waals surface area contributed by atoms with Gasteiger partial charge in [0, 0.05) is 19.0 Å². The van der Waals surface area contributed by atoms with E-state index >= 15 is 0 Å². The quantitative estimate of drug-likeness (QED) is 0.801. The summed E-state index contributed by atoms with van der Waals surface area (Å²) >= 11 is 0. The third-order valence-corrected chi connectivity index (χ3v) is 5.09. The van der Waals surface area contributed by atoms with Gasteiger partial charge >= 0.3 is 0 Å². The number of hydrogen-bond donors (Lipinski definition) is 2. The van der Waals surface area contributed by atoms with Crippen LogP contribution in [-0.2, 0) is 16.6 Å². The summed E-state index contributed by atoms with van der Waals surface area (Å²) in [4.78, 5) is 2.24. The van der Waals surface area contributed by atoms with Gasteiger partial charge in [0.1, 0.15) is 0 Å². The SMILES string of the molecule is COc1ccc(CN2CCCC(c3[nH]ncc3NS(C)(=O)=O)C2)cc1F. The molecular formula is C17H23FN4O3S. The van der Waals surface area contributed by atoms with Crippen LogP contribution in [0.3, 0.4) is 0 Å². The van der Waals surface area contributed by atoms with Crippen molar-refractivity contribution in [3.05, 3.63) is 41.5 Å². The lowest BCUT2D eigenvalue weighted by Crippen LogP contribution is -2.34. The molecule has 0 radical (unpaired) electrons. The van der Waals surface area contributed by atoms with Crippen LogP contribution >= 0.6 is 0 Å². The van der Waals surface area contributed by atoms with E-state index in [1.807, 2.05) is 6.07 Å². The topological polar surface area (TPSA) is 87.3 Å². The second kappa shape index (κ2) is 7.63. The average molecular weight is 382 g/mol. The number of H-pyrrole nitrogens is 1. The van der Waals surface area contributed by atoms with Gasteiger partial charge in [0.05, 0.1) is 30.9 Å². The number of methoxy groups -OCH3 is 1. The van der Waals surface area contributed by atoms with E-state index < -0.39 is 10.0 Å². The highest BCUT2D eigenvalue weighted by molar-refractivity contribution is 7.92. The largest absolute Gasteiger partial charge is 0.494 e. The molecule has 0 spiro atoms. The van der Waals surface area contributed by atoms with E-state index in [9.17, 15) is 12.8 Å². The Morgan fingerprint density at radius 1 is 1.46 bits per heavy atom. The first-order valence-corrected chi connectivity index (χ1v) is 10.3. The maximum absolute atomic E-state index is 13.9. The maximum atomic E-state index is 13.9. The molecule has 1 atom stereocenters. The Morgan fingerprint density at radius 2 is 2.27 bits per heavy atom. The van der Waals surface area contributed by atoms with Gasteiger partial charge in [-0.05, 0) is 37.1 Å². The molecule has 0 bridgehead atoms. The summed E-state index contributed by atoms with van der Waals surface area (Å²) in [5.74, 6) is 0.00424. The number of benzene rings is 1. The normalized spacial score (nSPS) is 18.7. The molecule has 9 heteroatoms. The summed E-state index contributed by atoms with van der Waals surface area (Å²) in [6, 6.07) is 4.99.